The first-order chi connectivity index (χ1) is 3.13. The summed E-state index contributed by atoms with van der Waals surface area (Å²) in [6.07, 6.45) is -0.725. The molecule has 0 aliphatic rings. The predicted molar refractivity (Wildman–Crippen MR) is 23.1 cm³/mol. The summed E-state index contributed by atoms with van der Waals surface area (Å²) in [7, 11) is 0. The van der Waals surface area contributed by atoms with E-state index in [-0.39, 0.29) is 6.54 Å². The highest BCUT2D eigenvalue weighted by molar-refractivity contribution is 4.41. The van der Waals surface area contributed by atoms with Gasteiger partial charge >= 0.3 is 0 Å². The van der Waals surface area contributed by atoms with Crippen molar-refractivity contribution in [3.8, 4) is 0 Å². The Hall–Kier alpha value is -0.200. The second kappa shape index (κ2) is 2.89. The van der Waals surface area contributed by atoms with E-state index in [4.69, 9.17) is 16.7 Å². The SMILES string of the molecule is NC(N)C[NH+]([O-])O. The fourth-order valence-corrected chi connectivity index (χ4v) is 0.202. The van der Waals surface area contributed by atoms with Crippen molar-refractivity contribution in [2.75, 3.05) is 6.54 Å². The lowest BCUT2D eigenvalue weighted by molar-refractivity contribution is -1.05. The van der Waals surface area contributed by atoms with Gasteiger partial charge in [0.05, 0.1) is 0 Å². The molecule has 1 unspecified atom stereocenters. The van der Waals surface area contributed by atoms with Gasteiger partial charge in [0, 0.05) is 0 Å². The van der Waals surface area contributed by atoms with Gasteiger partial charge in [-0.25, -0.2) is 10.4 Å². The summed E-state index contributed by atoms with van der Waals surface area (Å²) in [5.41, 5.74) is 9.78. The van der Waals surface area contributed by atoms with Crippen molar-refractivity contribution in [3.63, 3.8) is 0 Å². The highest BCUT2D eigenvalue weighted by atomic mass is 16.8. The van der Waals surface area contributed by atoms with Crippen molar-refractivity contribution in [3.05, 3.63) is 5.21 Å². The Kier molecular flexibility index (Phi) is 2.81. The summed E-state index contributed by atoms with van der Waals surface area (Å²) < 4.78 is 0. The normalized spacial score (nSPS) is 15.0. The van der Waals surface area contributed by atoms with E-state index in [1.165, 1.54) is 0 Å². The second-order valence-corrected chi connectivity index (χ2v) is 1.26. The van der Waals surface area contributed by atoms with Crippen LogP contribution in [0.2, 0.25) is 0 Å². The summed E-state index contributed by atoms with van der Waals surface area (Å²) in [5, 5.41) is 16.6. The van der Waals surface area contributed by atoms with E-state index >= 15 is 0 Å². The highest BCUT2D eigenvalue weighted by Crippen LogP contribution is 1.45. The Morgan fingerprint density at radius 2 is 2.14 bits per heavy atom. The maximum Gasteiger partial charge on any atom is 0.135 e. The second-order valence-electron chi connectivity index (χ2n) is 1.26. The molecule has 0 spiro atoms. The van der Waals surface area contributed by atoms with Crippen molar-refractivity contribution in [2.45, 2.75) is 6.17 Å². The molecule has 0 aliphatic carbocycles. The van der Waals surface area contributed by atoms with Crippen molar-refractivity contribution in [1.82, 2.24) is 0 Å². The fraction of sp³-hybridized carbons (Fsp3) is 1.00. The molecule has 44 valence electrons. The van der Waals surface area contributed by atoms with Gasteiger partial charge < -0.3 is 16.7 Å². The highest BCUT2D eigenvalue weighted by Gasteiger charge is 1.95. The molecule has 6 N–H and O–H groups in total. The minimum Gasteiger partial charge on any atom is -0.600 e. The van der Waals surface area contributed by atoms with Gasteiger partial charge in [0.2, 0.25) is 0 Å². The average Bonchev–Trinajstić information content (AvgIpc) is 1.27. The minimum absolute atomic E-state index is 0.167. The first-order valence-electron chi connectivity index (χ1n) is 1.86. The first-order valence-corrected chi connectivity index (χ1v) is 1.86. The van der Waals surface area contributed by atoms with E-state index in [2.05, 4.69) is 0 Å². The smallest absolute Gasteiger partial charge is 0.135 e. The van der Waals surface area contributed by atoms with Gasteiger partial charge in [-0.2, -0.15) is 0 Å². The standard InChI is InChI=1S/C2H9N3O2/c3-2(4)1-5(6)7/h2,5-6H,1,3-4H2. The molecular weight excluding hydrogens is 98.0 g/mol. The van der Waals surface area contributed by atoms with Crippen LogP contribution in [-0.4, -0.2) is 17.9 Å². The molecule has 1 atom stereocenters. The summed E-state index contributed by atoms with van der Waals surface area (Å²) in [6.45, 7) is -0.167. The van der Waals surface area contributed by atoms with Gasteiger partial charge in [-0.3, -0.25) is 0 Å². The molecule has 0 aromatic heterocycles. The van der Waals surface area contributed by atoms with Crippen LogP contribution in [0.15, 0.2) is 0 Å². The summed E-state index contributed by atoms with van der Waals surface area (Å²) in [5.74, 6) is 0. The lowest BCUT2D eigenvalue weighted by atomic mass is 10.6. The van der Waals surface area contributed by atoms with E-state index in [0.29, 0.717) is 0 Å². The van der Waals surface area contributed by atoms with Crippen LogP contribution in [0.5, 0.6) is 0 Å². The molecular formula is C2H9N3O2. The number of quaternary nitrogens is 1. The van der Waals surface area contributed by atoms with E-state index in [0.717, 1.165) is 0 Å². The van der Waals surface area contributed by atoms with E-state index in [1.807, 2.05) is 0 Å². The molecule has 7 heavy (non-hydrogen) atoms. The number of hydrogen-bond acceptors (Lipinski definition) is 4. The lowest BCUT2D eigenvalue weighted by Crippen LogP contribution is -3.06. The molecule has 0 saturated heterocycles. The first kappa shape index (κ1) is 6.80. The van der Waals surface area contributed by atoms with Gasteiger partial charge in [0.1, 0.15) is 12.7 Å². The molecule has 0 radical (unpaired) electrons. The third-order valence-corrected chi connectivity index (χ3v) is 0.410. The van der Waals surface area contributed by atoms with Crippen LogP contribution in [0.3, 0.4) is 0 Å². The fourth-order valence-electron chi connectivity index (χ4n) is 0.202. The zero-order chi connectivity index (χ0) is 5.86. The summed E-state index contributed by atoms with van der Waals surface area (Å²) in [6, 6.07) is 0. The van der Waals surface area contributed by atoms with Crippen LogP contribution in [0.1, 0.15) is 0 Å². The van der Waals surface area contributed by atoms with Gasteiger partial charge in [-0.05, 0) is 0 Å². The molecule has 0 saturated carbocycles. The molecule has 0 heterocycles. The summed E-state index contributed by atoms with van der Waals surface area (Å²) >= 11 is 0. The van der Waals surface area contributed by atoms with E-state index in [1.54, 1.807) is 0 Å². The Balaban J connectivity index is 2.95. The Morgan fingerprint density at radius 1 is 1.71 bits per heavy atom. The molecule has 0 aromatic carbocycles. The van der Waals surface area contributed by atoms with Crippen molar-refractivity contribution in [2.24, 2.45) is 11.5 Å². The van der Waals surface area contributed by atoms with Crippen LogP contribution in [-0.2, 0) is 0 Å². The molecule has 0 fully saturated rings. The van der Waals surface area contributed by atoms with Gasteiger partial charge in [0.25, 0.3) is 0 Å². The van der Waals surface area contributed by atoms with Crippen LogP contribution in [0.4, 0.5) is 0 Å². The quantitative estimate of drug-likeness (QED) is 0.223. The Bertz CT molecular complexity index is 40.2. The number of nitrogens with two attached hydrogens (primary N) is 2. The third kappa shape index (κ3) is 5.80. The molecule has 5 heteroatoms. The summed E-state index contributed by atoms with van der Waals surface area (Å²) in [4.78, 5) is 0. The van der Waals surface area contributed by atoms with Crippen LogP contribution in [0, 0.1) is 5.21 Å². The van der Waals surface area contributed by atoms with Crippen molar-refractivity contribution >= 4 is 0 Å². The lowest BCUT2D eigenvalue weighted by Gasteiger charge is -2.13. The molecule has 0 amide bonds. The number of rotatable bonds is 2. The molecule has 0 aromatic rings. The zero-order valence-corrected chi connectivity index (χ0v) is 3.79. The van der Waals surface area contributed by atoms with E-state index < -0.39 is 11.4 Å². The molecule has 0 bridgehead atoms. The zero-order valence-electron chi connectivity index (χ0n) is 3.79. The van der Waals surface area contributed by atoms with Crippen LogP contribution >= 0.6 is 0 Å². The van der Waals surface area contributed by atoms with Gasteiger partial charge in [-0.1, -0.05) is 0 Å². The monoisotopic (exact) mass is 107 g/mol. The van der Waals surface area contributed by atoms with Crippen molar-refractivity contribution < 1.29 is 10.4 Å². The Morgan fingerprint density at radius 3 is 2.14 bits per heavy atom. The number of hydrogen-bond donors (Lipinski definition) is 4. The number of hydroxylamine groups is 2. The predicted octanol–water partition coefficient (Wildman–Crippen LogP) is -3.00. The van der Waals surface area contributed by atoms with Crippen LogP contribution in [0.25, 0.3) is 0 Å². The number of nitrogens with one attached hydrogen (secondary N) is 1. The average molecular weight is 107 g/mol. The van der Waals surface area contributed by atoms with Crippen LogP contribution < -0.4 is 16.7 Å². The Labute approximate surface area is 41.0 Å². The maximum absolute atomic E-state index is 9.65. The largest absolute Gasteiger partial charge is 0.600 e. The van der Waals surface area contributed by atoms with Gasteiger partial charge in [-0.15, -0.1) is 0 Å². The third-order valence-electron chi connectivity index (χ3n) is 0.410. The topological polar surface area (TPSA) is 99.8 Å². The molecule has 0 aliphatic heterocycles. The van der Waals surface area contributed by atoms with E-state index in [9.17, 15) is 5.21 Å². The van der Waals surface area contributed by atoms with Gasteiger partial charge in [0.15, 0.2) is 0 Å². The van der Waals surface area contributed by atoms with Crippen molar-refractivity contribution in [1.29, 1.82) is 0 Å². The molecule has 5 nitrogen and oxygen atoms in total. The minimum atomic E-state index is -0.963. The maximum atomic E-state index is 9.65. The molecule has 0 rings (SSSR count).